The Labute approximate surface area is 85.3 Å². The number of aliphatic hydroxyl groups is 1. The zero-order valence-electron chi connectivity index (χ0n) is 8.49. The molecular weight excluding hydrogens is 176 g/mol. The van der Waals surface area contributed by atoms with E-state index in [2.05, 4.69) is 18.4 Å². The summed E-state index contributed by atoms with van der Waals surface area (Å²) >= 11 is 0. The van der Waals surface area contributed by atoms with Gasteiger partial charge in [-0.05, 0) is 6.42 Å². The average molecular weight is 192 g/mol. The summed E-state index contributed by atoms with van der Waals surface area (Å²) in [6.07, 6.45) is 5.07. The summed E-state index contributed by atoms with van der Waals surface area (Å²) < 4.78 is 5.18. The van der Waals surface area contributed by atoms with Crippen molar-refractivity contribution in [2.45, 2.75) is 31.5 Å². The molecule has 1 aliphatic rings. The van der Waals surface area contributed by atoms with Crippen LogP contribution in [0.2, 0.25) is 0 Å². The Bertz CT molecular complexity index is 280. The van der Waals surface area contributed by atoms with E-state index >= 15 is 0 Å². The van der Waals surface area contributed by atoms with Crippen LogP contribution in [-0.4, -0.2) is 24.4 Å². The summed E-state index contributed by atoms with van der Waals surface area (Å²) in [6, 6.07) is 0. The van der Waals surface area contributed by atoms with E-state index in [1.54, 1.807) is 13.2 Å². The second-order valence-electron chi connectivity index (χ2n) is 3.41. The molecule has 0 aromatic rings. The molecule has 0 aromatic heterocycles. The van der Waals surface area contributed by atoms with Crippen molar-refractivity contribution in [2.24, 2.45) is 0 Å². The van der Waals surface area contributed by atoms with Gasteiger partial charge in [0.05, 0.1) is 12.2 Å². The van der Waals surface area contributed by atoms with E-state index in [-0.39, 0.29) is 6.10 Å². The molecule has 0 amide bonds. The Morgan fingerprint density at radius 1 is 1.50 bits per heavy atom. The standard InChI is InChI=1S/C12H16O2/c1-10-5-3-4-6-12(14-2)8-7-11(13)9-10/h7-8,11-13H,1,5-6,9H2,2H3/t11-,12-/m1/s1. The van der Waals surface area contributed by atoms with Crippen LogP contribution in [-0.2, 0) is 4.74 Å². The monoisotopic (exact) mass is 192 g/mol. The van der Waals surface area contributed by atoms with Crippen LogP contribution in [0.25, 0.3) is 0 Å². The van der Waals surface area contributed by atoms with E-state index in [0.717, 1.165) is 5.57 Å². The van der Waals surface area contributed by atoms with Crippen LogP contribution in [0.15, 0.2) is 24.3 Å². The fraction of sp³-hybridized carbons (Fsp3) is 0.500. The largest absolute Gasteiger partial charge is 0.389 e. The Morgan fingerprint density at radius 2 is 2.29 bits per heavy atom. The second-order valence-corrected chi connectivity index (χ2v) is 3.41. The van der Waals surface area contributed by atoms with Gasteiger partial charge in [0, 0.05) is 20.0 Å². The molecule has 0 heterocycles. The molecule has 0 radical (unpaired) electrons. The van der Waals surface area contributed by atoms with Gasteiger partial charge in [-0.1, -0.05) is 36.1 Å². The third-order valence-electron chi connectivity index (χ3n) is 2.12. The second kappa shape index (κ2) is 5.64. The number of hydrogen-bond acceptors (Lipinski definition) is 2. The predicted octanol–water partition coefficient (Wildman–Crippen LogP) is 1.66. The van der Waals surface area contributed by atoms with Gasteiger partial charge in [0.15, 0.2) is 0 Å². The van der Waals surface area contributed by atoms with E-state index in [9.17, 15) is 5.11 Å². The molecule has 0 bridgehead atoms. The van der Waals surface area contributed by atoms with Crippen LogP contribution in [0.5, 0.6) is 0 Å². The lowest BCUT2D eigenvalue weighted by Crippen LogP contribution is -2.10. The van der Waals surface area contributed by atoms with Gasteiger partial charge in [-0.2, -0.15) is 0 Å². The molecule has 1 aliphatic carbocycles. The number of methoxy groups -OCH3 is 1. The quantitative estimate of drug-likeness (QED) is 0.506. The summed E-state index contributed by atoms with van der Waals surface area (Å²) in [5.41, 5.74) is 0.977. The SMILES string of the molecule is C=C1CC#CC[C@@H](OC)C=C[C@@H](O)C1. The topological polar surface area (TPSA) is 29.5 Å². The molecule has 2 heteroatoms. The highest BCUT2D eigenvalue weighted by Gasteiger charge is 2.06. The first kappa shape index (κ1) is 11.0. The van der Waals surface area contributed by atoms with E-state index < -0.39 is 6.10 Å². The third kappa shape index (κ3) is 3.78. The normalized spacial score (nSPS) is 28.0. The number of aliphatic hydroxyl groups excluding tert-OH is 1. The smallest absolute Gasteiger partial charge is 0.0862 e. The molecular formula is C12H16O2. The lowest BCUT2D eigenvalue weighted by atomic mass is 10.0. The van der Waals surface area contributed by atoms with Crippen molar-refractivity contribution in [1.82, 2.24) is 0 Å². The van der Waals surface area contributed by atoms with Gasteiger partial charge in [-0.15, -0.1) is 0 Å². The maximum absolute atomic E-state index is 9.56. The minimum absolute atomic E-state index is 0.0106. The van der Waals surface area contributed by atoms with Gasteiger partial charge in [-0.3, -0.25) is 0 Å². The minimum atomic E-state index is -0.458. The highest BCUT2D eigenvalue weighted by molar-refractivity contribution is 5.15. The first-order valence-corrected chi connectivity index (χ1v) is 4.74. The van der Waals surface area contributed by atoms with Crippen LogP contribution in [0.3, 0.4) is 0 Å². The van der Waals surface area contributed by atoms with Gasteiger partial charge >= 0.3 is 0 Å². The fourth-order valence-corrected chi connectivity index (χ4v) is 1.28. The Hall–Kier alpha value is -1.04. The molecule has 0 fully saturated rings. The maximum Gasteiger partial charge on any atom is 0.0862 e. The molecule has 0 aliphatic heterocycles. The first-order valence-electron chi connectivity index (χ1n) is 4.74. The summed E-state index contributed by atoms with van der Waals surface area (Å²) in [7, 11) is 1.65. The lowest BCUT2D eigenvalue weighted by molar-refractivity contribution is 0.142. The molecule has 1 N–H and O–H groups in total. The zero-order chi connectivity index (χ0) is 10.4. The maximum atomic E-state index is 9.56. The molecule has 0 saturated carbocycles. The van der Waals surface area contributed by atoms with E-state index in [4.69, 9.17) is 4.74 Å². The molecule has 2 nitrogen and oxygen atoms in total. The molecule has 2 atom stereocenters. The van der Waals surface area contributed by atoms with Gasteiger partial charge in [0.2, 0.25) is 0 Å². The van der Waals surface area contributed by atoms with E-state index in [0.29, 0.717) is 19.3 Å². The van der Waals surface area contributed by atoms with Crippen LogP contribution < -0.4 is 0 Å². The molecule has 1 rings (SSSR count). The van der Waals surface area contributed by atoms with Crippen molar-refractivity contribution < 1.29 is 9.84 Å². The van der Waals surface area contributed by atoms with Crippen molar-refractivity contribution in [3.05, 3.63) is 24.3 Å². The van der Waals surface area contributed by atoms with Crippen molar-refractivity contribution in [3.8, 4) is 11.8 Å². The van der Waals surface area contributed by atoms with E-state index in [1.807, 2.05) is 6.08 Å². The van der Waals surface area contributed by atoms with Crippen molar-refractivity contribution in [3.63, 3.8) is 0 Å². The number of ether oxygens (including phenoxy) is 1. The molecule has 14 heavy (non-hydrogen) atoms. The lowest BCUT2D eigenvalue weighted by Gasteiger charge is -2.11. The number of hydrogen-bond donors (Lipinski definition) is 1. The van der Waals surface area contributed by atoms with Gasteiger partial charge < -0.3 is 9.84 Å². The summed E-state index contributed by atoms with van der Waals surface area (Å²) in [4.78, 5) is 0. The summed E-state index contributed by atoms with van der Waals surface area (Å²) in [6.45, 7) is 3.85. The minimum Gasteiger partial charge on any atom is -0.389 e. The molecule has 76 valence electrons. The molecule has 0 unspecified atom stereocenters. The zero-order valence-corrected chi connectivity index (χ0v) is 8.49. The van der Waals surface area contributed by atoms with Crippen LogP contribution in [0.1, 0.15) is 19.3 Å². The average Bonchev–Trinajstić information content (AvgIpc) is 2.16. The van der Waals surface area contributed by atoms with Crippen molar-refractivity contribution >= 4 is 0 Å². The predicted molar refractivity (Wildman–Crippen MR) is 56.7 cm³/mol. The molecule has 0 saturated heterocycles. The molecule has 0 aromatic carbocycles. The van der Waals surface area contributed by atoms with Crippen LogP contribution in [0.4, 0.5) is 0 Å². The molecule has 0 spiro atoms. The Balaban J connectivity index is 2.67. The number of rotatable bonds is 1. The van der Waals surface area contributed by atoms with Crippen molar-refractivity contribution in [1.29, 1.82) is 0 Å². The Kier molecular flexibility index (Phi) is 4.45. The van der Waals surface area contributed by atoms with Crippen LogP contribution >= 0.6 is 0 Å². The van der Waals surface area contributed by atoms with Gasteiger partial charge in [0.25, 0.3) is 0 Å². The van der Waals surface area contributed by atoms with Gasteiger partial charge in [-0.25, -0.2) is 0 Å². The van der Waals surface area contributed by atoms with Gasteiger partial charge in [0.1, 0.15) is 0 Å². The first-order chi connectivity index (χ1) is 6.72. The third-order valence-corrected chi connectivity index (χ3v) is 2.12. The van der Waals surface area contributed by atoms with E-state index in [1.165, 1.54) is 0 Å². The highest BCUT2D eigenvalue weighted by atomic mass is 16.5. The fourth-order valence-electron chi connectivity index (χ4n) is 1.28. The summed E-state index contributed by atoms with van der Waals surface area (Å²) in [5, 5.41) is 9.56. The summed E-state index contributed by atoms with van der Waals surface area (Å²) in [5.74, 6) is 6.05. The highest BCUT2D eigenvalue weighted by Crippen LogP contribution is 2.10. The van der Waals surface area contributed by atoms with Crippen LogP contribution in [0, 0.1) is 11.8 Å². The Morgan fingerprint density at radius 3 is 3.00 bits per heavy atom. The van der Waals surface area contributed by atoms with Crippen molar-refractivity contribution in [2.75, 3.05) is 7.11 Å².